The number of aryl methyl sites for hydroxylation is 2. The molecule has 186 valence electrons. The van der Waals surface area contributed by atoms with Crippen LogP contribution in [-0.2, 0) is 16.5 Å². The van der Waals surface area contributed by atoms with Gasteiger partial charge in [-0.25, -0.2) is 4.98 Å². The Balaban J connectivity index is 1.11. The monoisotopic (exact) mass is 493 g/mol. The summed E-state index contributed by atoms with van der Waals surface area (Å²) < 4.78 is 19.5. The molecule has 3 aromatic heterocycles. The average Bonchev–Trinajstić information content (AvgIpc) is 3.70. The highest BCUT2D eigenvalue weighted by Gasteiger charge is 2.43. The molecule has 0 spiro atoms. The zero-order valence-electron chi connectivity index (χ0n) is 20.7. The van der Waals surface area contributed by atoms with Crippen LogP contribution in [0.15, 0.2) is 66.9 Å². The van der Waals surface area contributed by atoms with Gasteiger partial charge < -0.3 is 19.2 Å². The van der Waals surface area contributed by atoms with Crippen molar-refractivity contribution < 1.29 is 14.2 Å². The molecule has 8 heteroatoms. The van der Waals surface area contributed by atoms with Crippen LogP contribution in [0.3, 0.4) is 0 Å². The van der Waals surface area contributed by atoms with Gasteiger partial charge in [-0.3, -0.25) is 4.68 Å². The van der Waals surface area contributed by atoms with Crippen molar-refractivity contribution in [2.75, 3.05) is 13.2 Å². The second-order valence-electron chi connectivity index (χ2n) is 9.75. The van der Waals surface area contributed by atoms with Crippen molar-refractivity contribution >= 4 is 11.2 Å². The molecule has 0 bridgehead atoms. The largest absolute Gasteiger partial charge is 0.456 e. The van der Waals surface area contributed by atoms with E-state index in [1.165, 1.54) is 0 Å². The Morgan fingerprint density at radius 3 is 2.38 bits per heavy atom. The summed E-state index contributed by atoms with van der Waals surface area (Å²) in [6, 6.07) is 21.5. The number of aromatic amines is 1. The lowest BCUT2D eigenvalue weighted by molar-refractivity contribution is 0.0273. The van der Waals surface area contributed by atoms with Gasteiger partial charge in [0.2, 0.25) is 0 Å². The minimum Gasteiger partial charge on any atom is -0.456 e. The molecule has 0 radical (unpaired) electrons. The van der Waals surface area contributed by atoms with Crippen molar-refractivity contribution in [1.29, 1.82) is 0 Å². The van der Waals surface area contributed by atoms with Crippen molar-refractivity contribution in [3.8, 4) is 39.7 Å². The topological polar surface area (TPSA) is 87.1 Å². The SMILES string of the molecule is Cc1cc2[nH]c(O[C@@H]3COC4CCOC43)nc2nc1-c1ccc(-c2ccc(-c3ccn(C)n3)cc2)cc1. The highest BCUT2D eigenvalue weighted by Crippen LogP contribution is 2.31. The minimum absolute atomic E-state index is 0.0248. The van der Waals surface area contributed by atoms with Crippen molar-refractivity contribution in [3.05, 3.63) is 72.4 Å². The van der Waals surface area contributed by atoms with Gasteiger partial charge in [-0.2, -0.15) is 10.1 Å². The van der Waals surface area contributed by atoms with Gasteiger partial charge >= 0.3 is 0 Å². The molecule has 2 aliphatic rings. The molecule has 3 atom stereocenters. The molecule has 5 aromatic rings. The molecule has 2 saturated heterocycles. The van der Waals surface area contributed by atoms with E-state index in [9.17, 15) is 0 Å². The number of hydrogen-bond donors (Lipinski definition) is 1. The second-order valence-corrected chi connectivity index (χ2v) is 9.75. The Hall–Kier alpha value is -4.01. The van der Waals surface area contributed by atoms with Crippen LogP contribution >= 0.6 is 0 Å². The van der Waals surface area contributed by atoms with Gasteiger partial charge in [0.15, 0.2) is 11.8 Å². The van der Waals surface area contributed by atoms with E-state index in [0.29, 0.717) is 24.9 Å². The highest BCUT2D eigenvalue weighted by molar-refractivity contribution is 5.79. The lowest BCUT2D eigenvalue weighted by Crippen LogP contribution is -2.32. The molecule has 0 amide bonds. The third-order valence-corrected chi connectivity index (χ3v) is 7.21. The Morgan fingerprint density at radius 1 is 0.919 bits per heavy atom. The second kappa shape index (κ2) is 8.83. The fraction of sp³-hybridized carbons (Fsp3) is 0.276. The van der Waals surface area contributed by atoms with Gasteiger partial charge in [0, 0.05) is 31.0 Å². The van der Waals surface area contributed by atoms with Crippen LogP contribution in [0, 0.1) is 6.92 Å². The van der Waals surface area contributed by atoms with E-state index in [0.717, 1.165) is 51.1 Å². The summed E-state index contributed by atoms with van der Waals surface area (Å²) in [6.45, 7) is 3.30. The third-order valence-electron chi connectivity index (χ3n) is 7.21. The number of ether oxygens (including phenoxy) is 3. The summed E-state index contributed by atoms with van der Waals surface area (Å²) in [4.78, 5) is 12.7. The van der Waals surface area contributed by atoms with Crippen LogP contribution in [0.2, 0.25) is 0 Å². The van der Waals surface area contributed by atoms with E-state index in [1.807, 2.05) is 24.0 Å². The molecule has 2 aromatic carbocycles. The first-order valence-corrected chi connectivity index (χ1v) is 12.6. The van der Waals surface area contributed by atoms with E-state index >= 15 is 0 Å². The van der Waals surface area contributed by atoms with Gasteiger partial charge in [0.05, 0.1) is 29.6 Å². The summed E-state index contributed by atoms with van der Waals surface area (Å²) in [5, 5.41) is 4.48. The van der Waals surface area contributed by atoms with E-state index in [-0.39, 0.29) is 18.3 Å². The molecule has 37 heavy (non-hydrogen) atoms. The van der Waals surface area contributed by atoms with Crippen LogP contribution in [0.1, 0.15) is 12.0 Å². The van der Waals surface area contributed by atoms with Crippen LogP contribution < -0.4 is 4.74 Å². The standard InChI is InChI=1S/C29H27N5O3/c1-17-15-23-28(32-29(30-23)37-25-16-36-24-12-14-35-27(24)25)31-26(17)21-9-5-19(6-10-21)18-3-7-20(8-4-18)22-11-13-34(2)33-22/h3-11,13,15,24-25,27H,12,14,16H2,1-2H3,(H,30,31,32)/t24?,25-,27?/m1/s1. The van der Waals surface area contributed by atoms with Gasteiger partial charge in [-0.15, -0.1) is 0 Å². The Morgan fingerprint density at radius 2 is 1.65 bits per heavy atom. The summed E-state index contributed by atoms with van der Waals surface area (Å²) in [7, 11) is 1.93. The van der Waals surface area contributed by atoms with E-state index in [2.05, 4.69) is 76.6 Å². The summed E-state index contributed by atoms with van der Waals surface area (Å²) in [5.41, 5.74) is 8.89. The number of fused-ring (bicyclic) bond motifs is 2. The number of hydrogen-bond acceptors (Lipinski definition) is 6. The Labute approximate surface area is 214 Å². The normalized spacial score (nSPS) is 21.0. The number of benzene rings is 2. The zero-order chi connectivity index (χ0) is 24.9. The molecule has 0 saturated carbocycles. The molecule has 2 aliphatic heterocycles. The smallest absolute Gasteiger partial charge is 0.296 e. The van der Waals surface area contributed by atoms with Gasteiger partial charge in [0.25, 0.3) is 6.01 Å². The number of pyridine rings is 1. The number of imidazole rings is 1. The maximum atomic E-state index is 6.10. The first-order valence-electron chi connectivity index (χ1n) is 12.6. The first kappa shape index (κ1) is 22.2. The minimum atomic E-state index is -0.154. The molecule has 2 unspecified atom stereocenters. The van der Waals surface area contributed by atoms with Gasteiger partial charge in [0.1, 0.15) is 6.10 Å². The molecule has 5 heterocycles. The molecule has 2 fully saturated rings. The Bertz CT molecular complexity index is 1570. The molecule has 7 rings (SSSR count). The quantitative estimate of drug-likeness (QED) is 0.373. The average molecular weight is 494 g/mol. The summed E-state index contributed by atoms with van der Waals surface area (Å²) in [6.07, 6.45) is 2.82. The number of H-pyrrole nitrogens is 1. The number of nitrogens with zero attached hydrogens (tertiary/aromatic N) is 4. The highest BCUT2D eigenvalue weighted by atomic mass is 16.6. The van der Waals surface area contributed by atoms with Gasteiger partial charge in [-0.05, 0) is 42.2 Å². The summed E-state index contributed by atoms with van der Waals surface area (Å²) in [5.74, 6) is 0. The predicted octanol–water partition coefficient (Wildman–Crippen LogP) is 4.94. The number of rotatable bonds is 5. The molecular weight excluding hydrogens is 466 g/mol. The fourth-order valence-electron chi connectivity index (χ4n) is 5.27. The summed E-state index contributed by atoms with van der Waals surface area (Å²) >= 11 is 0. The van der Waals surface area contributed by atoms with Crippen LogP contribution in [0.25, 0.3) is 44.8 Å². The van der Waals surface area contributed by atoms with E-state index in [1.54, 1.807) is 0 Å². The van der Waals surface area contributed by atoms with Crippen LogP contribution in [0.4, 0.5) is 0 Å². The van der Waals surface area contributed by atoms with Crippen LogP contribution in [-0.4, -0.2) is 56.3 Å². The zero-order valence-corrected chi connectivity index (χ0v) is 20.7. The van der Waals surface area contributed by atoms with Crippen molar-refractivity contribution in [2.24, 2.45) is 7.05 Å². The van der Waals surface area contributed by atoms with Crippen LogP contribution in [0.5, 0.6) is 6.01 Å². The predicted molar refractivity (Wildman–Crippen MR) is 140 cm³/mol. The maximum absolute atomic E-state index is 6.10. The molecule has 1 N–H and O–H groups in total. The fourth-order valence-corrected chi connectivity index (χ4v) is 5.27. The molecular formula is C29H27N5O3. The molecule has 0 aliphatic carbocycles. The Kier molecular flexibility index (Phi) is 5.30. The third kappa shape index (κ3) is 4.08. The van der Waals surface area contributed by atoms with E-state index in [4.69, 9.17) is 19.2 Å². The first-order chi connectivity index (χ1) is 18.1. The molecule has 8 nitrogen and oxygen atoms in total. The maximum Gasteiger partial charge on any atom is 0.296 e. The van der Waals surface area contributed by atoms with Crippen molar-refractivity contribution in [1.82, 2.24) is 24.7 Å². The lowest BCUT2D eigenvalue weighted by atomic mass is 9.99. The number of aromatic nitrogens is 5. The van der Waals surface area contributed by atoms with Gasteiger partial charge in [-0.1, -0.05) is 48.5 Å². The van der Waals surface area contributed by atoms with Crippen molar-refractivity contribution in [3.63, 3.8) is 0 Å². The lowest BCUT2D eigenvalue weighted by Gasteiger charge is -2.15. The van der Waals surface area contributed by atoms with E-state index < -0.39 is 0 Å². The van der Waals surface area contributed by atoms with Crippen molar-refractivity contribution in [2.45, 2.75) is 31.7 Å². The number of nitrogens with one attached hydrogen (secondary N) is 1.